The van der Waals surface area contributed by atoms with Crippen LogP contribution in [0.15, 0.2) is 53.6 Å². The van der Waals surface area contributed by atoms with E-state index in [9.17, 15) is 13.2 Å². The van der Waals surface area contributed by atoms with E-state index in [-0.39, 0.29) is 24.0 Å². The van der Waals surface area contributed by atoms with Crippen molar-refractivity contribution in [1.29, 1.82) is 5.41 Å². The Morgan fingerprint density at radius 3 is 2.41 bits per heavy atom. The standard InChI is InChI=1S/C27H30ClN5O5S/c28-22-5-6-23-21(15-22)16-24(30-23)39(35,36)33-12-11-32(25(34)18-33)17-19-1-3-20(4-2-19)26(29)31-9-7-27(8-10-31)37-13-14-38-27/h1-6,15-16,29-30H,7-14,17-18H2. The van der Waals surface area contributed by atoms with Gasteiger partial charge in [-0.25, -0.2) is 8.42 Å². The van der Waals surface area contributed by atoms with Crippen molar-refractivity contribution in [2.75, 3.05) is 45.9 Å². The summed E-state index contributed by atoms with van der Waals surface area (Å²) in [7, 11) is -3.86. The highest BCUT2D eigenvalue weighted by Gasteiger charge is 2.40. The highest BCUT2D eigenvalue weighted by molar-refractivity contribution is 7.89. The number of nitrogens with one attached hydrogen (secondary N) is 2. The molecule has 0 radical (unpaired) electrons. The summed E-state index contributed by atoms with van der Waals surface area (Å²) in [5.74, 6) is -0.261. The van der Waals surface area contributed by atoms with Crippen LogP contribution in [-0.2, 0) is 30.8 Å². The third kappa shape index (κ3) is 5.17. The van der Waals surface area contributed by atoms with Crippen molar-refractivity contribution in [1.82, 2.24) is 19.1 Å². The van der Waals surface area contributed by atoms with Gasteiger partial charge < -0.3 is 24.3 Å². The van der Waals surface area contributed by atoms with Crippen molar-refractivity contribution in [2.24, 2.45) is 0 Å². The highest BCUT2D eigenvalue weighted by atomic mass is 35.5. The van der Waals surface area contributed by atoms with E-state index >= 15 is 0 Å². The molecule has 39 heavy (non-hydrogen) atoms. The number of sulfonamides is 1. The zero-order valence-corrected chi connectivity index (χ0v) is 22.9. The predicted molar refractivity (Wildman–Crippen MR) is 146 cm³/mol. The number of carbonyl (C=O) groups excluding carboxylic acids is 1. The summed E-state index contributed by atoms with van der Waals surface area (Å²) >= 11 is 6.03. The minimum Gasteiger partial charge on any atom is -0.356 e. The summed E-state index contributed by atoms with van der Waals surface area (Å²) in [4.78, 5) is 19.6. The number of piperidine rings is 1. The van der Waals surface area contributed by atoms with E-state index < -0.39 is 15.8 Å². The number of likely N-dealkylation sites (tertiary alicyclic amines) is 1. The number of fused-ring (bicyclic) bond motifs is 1. The second-order valence-electron chi connectivity index (χ2n) is 10.2. The Bertz CT molecular complexity index is 1510. The molecule has 0 unspecified atom stereocenters. The first kappa shape index (κ1) is 26.3. The quantitative estimate of drug-likeness (QED) is 0.359. The van der Waals surface area contributed by atoms with E-state index in [1.54, 1.807) is 29.2 Å². The van der Waals surface area contributed by atoms with Gasteiger partial charge in [0.05, 0.1) is 19.8 Å². The van der Waals surface area contributed by atoms with E-state index in [2.05, 4.69) is 4.98 Å². The van der Waals surface area contributed by atoms with E-state index in [1.165, 1.54) is 4.31 Å². The Morgan fingerprint density at radius 2 is 1.72 bits per heavy atom. The zero-order valence-electron chi connectivity index (χ0n) is 21.4. The van der Waals surface area contributed by atoms with Crippen LogP contribution in [0.3, 0.4) is 0 Å². The number of halogens is 1. The van der Waals surface area contributed by atoms with Crippen LogP contribution in [0.2, 0.25) is 5.02 Å². The van der Waals surface area contributed by atoms with Crippen LogP contribution in [0.5, 0.6) is 0 Å². The molecule has 1 amide bonds. The van der Waals surface area contributed by atoms with Gasteiger partial charge in [-0.2, -0.15) is 4.31 Å². The third-order valence-corrected chi connectivity index (χ3v) is 9.72. The second kappa shape index (κ2) is 10.2. The molecule has 2 N–H and O–H groups in total. The van der Waals surface area contributed by atoms with Gasteiger partial charge in [0.1, 0.15) is 10.9 Å². The molecule has 6 rings (SSSR count). The Hall–Kier alpha value is -2.96. The number of aromatic nitrogens is 1. The number of carbonyl (C=O) groups is 1. The first-order valence-corrected chi connectivity index (χ1v) is 14.8. The fourth-order valence-electron chi connectivity index (χ4n) is 5.44. The second-order valence-corrected chi connectivity index (χ2v) is 12.5. The van der Waals surface area contributed by atoms with Crippen molar-refractivity contribution in [3.63, 3.8) is 0 Å². The molecule has 4 heterocycles. The van der Waals surface area contributed by atoms with Crippen molar-refractivity contribution in [2.45, 2.75) is 30.2 Å². The Morgan fingerprint density at radius 1 is 1.00 bits per heavy atom. The van der Waals surface area contributed by atoms with Gasteiger partial charge >= 0.3 is 0 Å². The lowest BCUT2D eigenvalue weighted by molar-refractivity contribution is -0.180. The smallest absolute Gasteiger partial charge is 0.259 e. The molecule has 2 aromatic carbocycles. The molecule has 0 saturated carbocycles. The molecule has 10 nitrogen and oxygen atoms in total. The van der Waals surface area contributed by atoms with Crippen LogP contribution in [-0.4, -0.2) is 91.0 Å². The number of amides is 1. The number of aromatic amines is 1. The average Bonchev–Trinajstić information content (AvgIpc) is 3.57. The van der Waals surface area contributed by atoms with Gasteiger partial charge in [0.25, 0.3) is 10.0 Å². The number of amidine groups is 1. The SMILES string of the molecule is N=C(c1ccc(CN2CCN(S(=O)(=O)c3cc4cc(Cl)ccc4[nH]3)CC2=O)cc1)N1CCC2(CC1)OCCO2. The number of hydrogen-bond donors (Lipinski definition) is 2. The normalized spacial score (nSPS) is 20.3. The first-order chi connectivity index (χ1) is 18.7. The van der Waals surface area contributed by atoms with Crippen molar-refractivity contribution in [3.8, 4) is 0 Å². The molecule has 0 aliphatic carbocycles. The zero-order chi connectivity index (χ0) is 27.2. The lowest BCUT2D eigenvalue weighted by atomic mass is 10.0. The van der Waals surface area contributed by atoms with E-state index in [4.69, 9.17) is 26.5 Å². The van der Waals surface area contributed by atoms with E-state index in [1.807, 2.05) is 29.2 Å². The molecule has 3 saturated heterocycles. The van der Waals surface area contributed by atoms with Crippen LogP contribution in [0, 0.1) is 5.41 Å². The maximum absolute atomic E-state index is 13.2. The molecule has 0 atom stereocenters. The molecule has 3 aromatic rings. The van der Waals surface area contributed by atoms with Gasteiger partial charge in [0, 0.05) is 67.1 Å². The maximum Gasteiger partial charge on any atom is 0.259 e. The van der Waals surface area contributed by atoms with Crippen LogP contribution < -0.4 is 0 Å². The van der Waals surface area contributed by atoms with Gasteiger partial charge in [-0.15, -0.1) is 0 Å². The molecule has 0 bridgehead atoms. The molecule has 206 valence electrons. The van der Waals surface area contributed by atoms with Crippen molar-refractivity contribution >= 4 is 44.3 Å². The topological polar surface area (TPSA) is 119 Å². The molecular formula is C27H30ClN5O5S. The van der Waals surface area contributed by atoms with Crippen molar-refractivity contribution in [3.05, 3.63) is 64.7 Å². The summed E-state index contributed by atoms with van der Waals surface area (Å²) < 4.78 is 39.2. The number of H-pyrrole nitrogens is 1. The minimum atomic E-state index is -3.86. The third-order valence-electron chi connectivity index (χ3n) is 7.72. The summed E-state index contributed by atoms with van der Waals surface area (Å²) in [6, 6.07) is 14.3. The van der Waals surface area contributed by atoms with Gasteiger partial charge in [-0.3, -0.25) is 10.2 Å². The maximum atomic E-state index is 13.2. The van der Waals surface area contributed by atoms with E-state index in [0.717, 1.165) is 24.0 Å². The van der Waals surface area contributed by atoms with E-state index in [0.29, 0.717) is 61.2 Å². The number of nitrogens with zero attached hydrogens (tertiary/aromatic N) is 3. The molecule has 1 spiro atoms. The number of ether oxygens (including phenoxy) is 2. The van der Waals surface area contributed by atoms with Gasteiger partial charge in [-0.05, 0) is 29.8 Å². The molecule has 12 heteroatoms. The molecular weight excluding hydrogens is 542 g/mol. The molecule has 3 aliphatic rings. The van der Waals surface area contributed by atoms with Crippen LogP contribution in [0.1, 0.15) is 24.0 Å². The Labute approximate surface area is 232 Å². The largest absolute Gasteiger partial charge is 0.356 e. The van der Waals surface area contributed by atoms with Crippen LogP contribution in [0.25, 0.3) is 10.9 Å². The highest BCUT2D eigenvalue weighted by Crippen LogP contribution is 2.32. The Balaban J connectivity index is 1.05. The lowest BCUT2D eigenvalue weighted by Crippen LogP contribution is -2.51. The minimum absolute atomic E-state index is 0.0474. The van der Waals surface area contributed by atoms with Gasteiger partial charge in [-0.1, -0.05) is 35.9 Å². The van der Waals surface area contributed by atoms with Gasteiger partial charge in [0.15, 0.2) is 5.79 Å². The summed E-state index contributed by atoms with van der Waals surface area (Å²) in [5.41, 5.74) is 2.40. The summed E-state index contributed by atoms with van der Waals surface area (Å²) in [6.45, 7) is 3.33. The predicted octanol–water partition coefficient (Wildman–Crippen LogP) is 3.02. The first-order valence-electron chi connectivity index (χ1n) is 13.0. The number of hydrogen-bond acceptors (Lipinski definition) is 6. The Kier molecular flexibility index (Phi) is 6.88. The monoisotopic (exact) mass is 571 g/mol. The molecule has 1 aromatic heterocycles. The summed E-state index contributed by atoms with van der Waals surface area (Å²) in [5, 5.41) is 9.91. The van der Waals surface area contributed by atoms with Crippen molar-refractivity contribution < 1.29 is 22.7 Å². The fourth-order valence-corrected chi connectivity index (χ4v) is 7.02. The van der Waals surface area contributed by atoms with Crippen LogP contribution in [0.4, 0.5) is 0 Å². The molecule has 3 aliphatic heterocycles. The van der Waals surface area contributed by atoms with Crippen LogP contribution >= 0.6 is 11.6 Å². The number of benzene rings is 2. The number of rotatable bonds is 5. The molecule has 3 fully saturated rings. The number of piperazine rings is 1. The average molecular weight is 572 g/mol. The fraction of sp³-hybridized carbons (Fsp3) is 0.407. The van der Waals surface area contributed by atoms with Gasteiger partial charge in [0.2, 0.25) is 5.91 Å². The lowest BCUT2D eigenvalue weighted by Gasteiger charge is -2.38. The summed E-state index contributed by atoms with van der Waals surface area (Å²) in [6.07, 6.45) is 1.48.